The summed E-state index contributed by atoms with van der Waals surface area (Å²) >= 11 is 0. The van der Waals surface area contributed by atoms with Crippen molar-refractivity contribution in [3.05, 3.63) is 0 Å². The average molecular weight is 318 g/mol. The van der Waals surface area contributed by atoms with Gasteiger partial charge in [-0.25, -0.2) is 0 Å². The van der Waals surface area contributed by atoms with Crippen molar-refractivity contribution in [3.8, 4) is 0 Å². The number of carbonyl (C=O) groups is 2. The Labute approximate surface area is 172 Å². The number of carbonyl (C=O) groups excluding carboxylic acids is 2. The SMILES string of the molecule is CCCCCCCCOC(=O)C(C)NC(C)C(=O)[O-].[Na+].[Na+]. The van der Waals surface area contributed by atoms with Gasteiger partial charge in [0.2, 0.25) is 0 Å². The van der Waals surface area contributed by atoms with Crippen molar-refractivity contribution in [3.63, 3.8) is 0 Å². The molecular formula is C14H26NNa2O4+. The molecular weight excluding hydrogens is 292 g/mol. The molecule has 0 radical (unpaired) electrons. The van der Waals surface area contributed by atoms with Crippen molar-refractivity contribution < 1.29 is 78.5 Å². The molecule has 0 aromatic rings. The molecule has 1 N–H and O–H groups in total. The predicted molar refractivity (Wildman–Crippen MR) is 71.4 cm³/mol. The van der Waals surface area contributed by atoms with Crippen LogP contribution >= 0.6 is 0 Å². The molecule has 2 unspecified atom stereocenters. The van der Waals surface area contributed by atoms with Crippen LogP contribution in [0.25, 0.3) is 0 Å². The van der Waals surface area contributed by atoms with Crippen molar-refractivity contribution >= 4 is 11.9 Å². The van der Waals surface area contributed by atoms with Crippen LogP contribution in [-0.4, -0.2) is 30.6 Å². The molecule has 0 rings (SSSR count). The number of carboxylic acids is 1. The monoisotopic (exact) mass is 318 g/mol. The third-order valence-corrected chi connectivity index (χ3v) is 2.95. The summed E-state index contributed by atoms with van der Waals surface area (Å²) in [5, 5.41) is 13.1. The molecule has 2 atom stereocenters. The van der Waals surface area contributed by atoms with E-state index in [2.05, 4.69) is 12.2 Å². The van der Waals surface area contributed by atoms with Gasteiger partial charge in [0.05, 0.1) is 12.6 Å². The summed E-state index contributed by atoms with van der Waals surface area (Å²) in [5.41, 5.74) is 0. The van der Waals surface area contributed by atoms with Crippen LogP contribution in [0.15, 0.2) is 0 Å². The summed E-state index contributed by atoms with van der Waals surface area (Å²) in [7, 11) is 0. The van der Waals surface area contributed by atoms with Gasteiger partial charge in [-0.15, -0.1) is 0 Å². The Bertz CT molecular complexity index is 278. The van der Waals surface area contributed by atoms with E-state index in [4.69, 9.17) is 4.74 Å². The Morgan fingerprint density at radius 2 is 1.52 bits per heavy atom. The van der Waals surface area contributed by atoms with Crippen molar-refractivity contribution in [1.82, 2.24) is 5.32 Å². The second-order valence-electron chi connectivity index (χ2n) is 4.86. The van der Waals surface area contributed by atoms with E-state index in [0.717, 1.165) is 12.8 Å². The zero-order valence-electron chi connectivity index (χ0n) is 14.2. The number of nitrogens with one attached hydrogen (secondary N) is 1. The molecule has 21 heavy (non-hydrogen) atoms. The minimum Gasteiger partial charge on any atom is -0.548 e. The minimum atomic E-state index is -1.23. The van der Waals surface area contributed by atoms with Crippen LogP contribution in [0.2, 0.25) is 0 Å². The molecule has 112 valence electrons. The molecule has 0 bridgehead atoms. The number of aliphatic carboxylic acids is 1. The Morgan fingerprint density at radius 3 is 2.05 bits per heavy atom. The van der Waals surface area contributed by atoms with E-state index >= 15 is 0 Å². The van der Waals surface area contributed by atoms with Gasteiger partial charge in [-0.1, -0.05) is 39.0 Å². The van der Waals surface area contributed by atoms with Gasteiger partial charge in [-0.3, -0.25) is 10.1 Å². The van der Waals surface area contributed by atoms with Crippen molar-refractivity contribution in [2.24, 2.45) is 0 Å². The van der Waals surface area contributed by atoms with Crippen LogP contribution in [0.4, 0.5) is 0 Å². The van der Waals surface area contributed by atoms with Gasteiger partial charge in [-0.2, -0.15) is 0 Å². The number of rotatable bonds is 11. The minimum absolute atomic E-state index is 0. The maximum atomic E-state index is 11.5. The van der Waals surface area contributed by atoms with E-state index in [1.165, 1.54) is 32.6 Å². The van der Waals surface area contributed by atoms with Gasteiger partial charge in [0.15, 0.2) is 0 Å². The molecule has 0 aliphatic carbocycles. The first-order valence-electron chi connectivity index (χ1n) is 7.12. The molecule has 0 aromatic carbocycles. The zero-order chi connectivity index (χ0) is 14.7. The van der Waals surface area contributed by atoms with Crippen LogP contribution in [0.1, 0.15) is 59.3 Å². The van der Waals surface area contributed by atoms with Crippen LogP contribution < -0.4 is 69.5 Å². The molecule has 0 aliphatic rings. The summed E-state index contributed by atoms with van der Waals surface area (Å²) in [6, 6.07) is -1.50. The van der Waals surface area contributed by atoms with Crippen molar-refractivity contribution in [2.45, 2.75) is 71.4 Å². The first-order valence-corrected chi connectivity index (χ1v) is 7.12. The molecule has 0 heterocycles. The first-order chi connectivity index (χ1) is 8.99. The van der Waals surface area contributed by atoms with E-state index in [9.17, 15) is 14.7 Å². The molecule has 0 amide bonds. The molecule has 0 fully saturated rings. The van der Waals surface area contributed by atoms with E-state index < -0.39 is 24.0 Å². The summed E-state index contributed by atoms with van der Waals surface area (Å²) in [6.45, 7) is 5.59. The van der Waals surface area contributed by atoms with E-state index in [1.54, 1.807) is 6.92 Å². The smallest absolute Gasteiger partial charge is 0.548 e. The number of esters is 1. The van der Waals surface area contributed by atoms with E-state index in [1.807, 2.05) is 0 Å². The largest absolute Gasteiger partial charge is 1.00 e. The second kappa shape index (κ2) is 17.3. The van der Waals surface area contributed by atoms with Crippen molar-refractivity contribution in [2.75, 3.05) is 6.61 Å². The fourth-order valence-corrected chi connectivity index (χ4v) is 1.69. The summed E-state index contributed by atoms with van der Waals surface area (Å²) < 4.78 is 5.08. The molecule has 0 saturated heterocycles. The quantitative estimate of drug-likeness (QED) is 0.235. The average Bonchev–Trinajstić information content (AvgIpc) is 2.37. The second-order valence-corrected chi connectivity index (χ2v) is 4.86. The van der Waals surface area contributed by atoms with Crippen LogP contribution in [0, 0.1) is 0 Å². The van der Waals surface area contributed by atoms with E-state index in [0.29, 0.717) is 6.61 Å². The van der Waals surface area contributed by atoms with Gasteiger partial charge in [0.1, 0.15) is 6.04 Å². The molecule has 0 aliphatic heterocycles. The number of ether oxygens (including phenoxy) is 1. The molecule has 0 spiro atoms. The third-order valence-electron chi connectivity index (χ3n) is 2.95. The standard InChI is InChI=1S/C14H27NO4.2Na/c1-4-5-6-7-8-9-10-19-14(18)12(3)15-11(2)13(16)17;;/h11-12,15H,4-10H2,1-3H3,(H,16,17);;/q;2*+1/p-1. The maximum absolute atomic E-state index is 11.5. The van der Waals surface area contributed by atoms with Gasteiger partial charge in [0, 0.05) is 6.04 Å². The topological polar surface area (TPSA) is 78.5 Å². The zero-order valence-corrected chi connectivity index (χ0v) is 18.2. The fraction of sp³-hybridized carbons (Fsp3) is 0.857. The van der Waals surface area contributed by atoms with Crippen LogP contribution in [0.3, 0.4) is 0 Å². The van der Waals surface area contributed by atoms with E-state index in [-0.39, 0.29) is 59.1 Å². The third kappa shape index (κ3) is 15.6. The molecule has 0 saturated carbocycles. The van der Waals surface area contributed by atoms with Gasteiger partial charge >= 0.3 is 65.1 Å². The first kappa shape index (κ1) is 26.8. The number of carboxylic acid groups (broad SMARTS) is 1. The number of unbranched alkanes of at least 4 members (excludes halogenated alkanes) is 5. The summed E-state index contributed by atoms with van der Waals surface area (Å²) in [6.07, 6.45) is 6.78. The molecule has 0 aromatic heterocycles. The molecule has 7 heteroatoms. The normalized spacial score (nSPS) is 12.5. The Morgan fingerprint density at radius 1 is 1.00 bits per heavy atom. The van der Waals surface area contributed by atoms with Crippen LogP contribution in [0.5, 0.6) is 0 Å². The van der Waals surface area contributed by atoms with Gasteiger partial charge in [0.25, 0.3) is 0 Å². The van der Waals surface area contributed by atoms with Gasteiger partial charge < -0.3 is 14.6 Å². The Kier molecular flexibility index (Phi) is 22.0. The predicted octanol–water partition coefficient (Wildman–Crippen LogP) is -4.99. The number of hydrogen-bond donors (Lipinski definition) is 1. The fourth-order valence-electron chi connectivity index (χ4n) is 1.69. The maximum Gasteiger partial charge on any atom is 1.00 e. The summed E-state index contributed by atoms with van der Waals surface area (Å²) in [5.74, 6) is -1.64. The number of hydrogen-bond acceptors (Lipinski definition) is 5. The van der Waals surface area contributed by atoms with Crippen molar-refractivity contribution in [1.29, 1.82) is 0 Å². The Balaban J connectivity index is -0.00000162. The van der Waals surface area contributed by atoms with Gasteiger partial charge in [-0.05, 0) is 20.3 Å². The Hall–Kier alpha value is 0.900. The summed E-state index contributed by atoms with van der Waals surface area (Å²) in [4.78, 5) is 22.1. The molecule has 5 nitrogen and oxygen atoms in total. The van der Waals surface area contributed by atoms with Crippen LogP contribution in [-0.2, 0) is 14.3 Å².